The molecule has 0 aliphatic carbocycles. The third-order valence-electron chi connectivity index (χ3n) is 19.2. The number of aliphatic hydroxyl groups is 1. The van der Waals surface area contributed by atoms with Crippen LogP contribution in [-0.4, -0.2) is 96.7 Å². The maximum absolute atomic E-state index is 13.1. The summed E-state index contributed by atoms with van der Waals surface area (Å²) in [6.07, 6.45) is 63.9. The van der Waals surface area contributed by atoms with Crippen LogP contribution in [0.2, 0.25) is 0 Å². The van der Waals surface area contributed by atoms with E-state index in [-0.39, 0.29) is 25.7 Å². The van der Waals surface area contributed by atoms with Gasteiger partial charge in [0.1, 0.15) is 19.3 Å². The number of carbonyl (C=O) groups excluding carboxylic acids is 4. The lowest BCUT2D eigenvalue weighted by molar-refractivity contribution is -0.161. The van der Waals surface area contributed by atoms with Crippen LogP contribution in [0.5, 0.6) is 0 Å². The van der Waals surface area contributed by atoms with Gasteiger partial charge in [0.15, 0.2) is 12.2 Å². The van der Waals surface area contributed by atoms with Crippen molar-refractivity contribution < 1.29 is 80.2 Å². The van der Waals surface area contributed by atoms with Gasteiger partial charge in [0, 0.05) is 25.7 Å². The van der Waals surface area contributed by atoms with Gasteiger partial charge in [-0.15, -0.1) is 0 Å². The Labute approximate surface area is 619 Å². The largest absolute Gasteiger partial charge is 0.472 e. The van der Waals surface area contributed by atoms with Crippen molar-refractivity contribution >= 4 is 39.5 Å². The number of unbranched alkanes of at least 4 members (excludes halogenated alkanes) is 51. The number of hydrogen-bond donors (Lipinski definition) is 3. The monoisotopic (exact) mass is 1480 g/mol. The minimum atomic E-state index is -4.96. The van der Waals surface area contributed by atoms with E-state index in [1.54, 1.807) is 0 Å². The molecule has 2 unspecified atom stereocenters. The minimum Gasteiger partial charge on any atom is -0.462 e. The zero-order valence-corrected chi connectivity index (χ0v) is 68.0. The number of rotatable bonds is 81. The minimum absolute atomic E-state index is 0.105. The molecule has 3 N–H and O–H groups in total. The summed E-state index contributed by atoms with van der Waals surface area (Å²) in [4.78, 5) is 73.1. The molecule has 0 amide bonds. The predicted molar refractivity (Wildman–Crippen MR) is 414 cm³/mol. The number of hydrogen-bond acceptors (Lipinski definition) is 15. The fourth-order valence-electron chi connectivity index (χ4n) is 12.7. The quantitative estimate of drug-likeness (QED) is 0.0222. The summed E-state index contributed by atoms with van der Waals surface area (Å²) in [7, 11) is -9.92. The molecule has 0 saturated heterocycles. The lowest BCUT2D eigenvalue weighted by atomic mass is 10.0. The Hall–Kier alpha value is -1.94. The molecule has 19 heteroatoms. The number of carbonyl (C=O) groups is 4. The average Bonchev–Trinajstić information content (AvgIpc) is 1.08. The van der Waals surface area contributed by atoms with Crippen LogP contribution < -0.4 is 0 Å². The summed E-state index contributed by atoms with van der Waals surface area (Å²) in [5.41, 5.74) is 0. The topological polar surface area (TPSA) is 237 Å². The van der Waals surface area contributed by atoms with Gasteiger partial charge >= 0.3 is 39.5 Å². The first-order chi connectivity index (χ1) is 48.9. The molecule has 101 heavy (non-hydrogen) atoms. The highest BCUT2D eigenvalue weighted by atomic mass is 31.2. The van der Waals surface area contributed by atoms with Crippen LogP contribution in [0, 0.1) is 11.8 Å². The van der Waals surface area contributed by atoms with Gasteiger partial charge in [-0.05, 0) is 37.5 Å². The Bertz CT molecular complexity index is 1940. The van der Waals surface area contributed by atoms with Crippen LogP contribution in [0.25, 0.3) is 0 Å². The second-order valence-electron chi connectivity index (χ2n) is 30.5. The molecule has 0 aliphatic rings. The molecule has 5 atom stereocenters. The highest BCUT2D eigenvalue weighted by Crippen LogP contribution is 2.45. The molecule has 0 spiro atoms. The molecule has 0 rings (SSSR count). The van der Waals surface area contributed by atoms with Crippen molar-refractivity contribution in [1.29, 1.82) is 0 Å². The Morgan fingerprint density at radius 3 is 0.673 bits per heavy atom. The highest BCUT2D eigenvalue weighted by Gasteiger charge is 2.30. The van der Waals surface area contributed by atoms with Crippen LogP contribution in [0.15, 0.2) is 0 Å². The average molecular weight is 1480 g/mol. The Kier molecular flexibility index (Phi) is 72.2. The van der Waals surface area contributed by atoms with Gasteiger partial charge < -0.3 is 33.8 Å². The fourth-order valence-corrected chi connectivity index (χ4v) is 14.3. The van der Waals surface area contributed by atoms with E-state index < -0.39 is 97.5 Å². The molecule has 0 aromatic rings. The molecular weight excluding hydrogens is 1320 g/mol. The Balaban J connectivity index is 5.24. The Morgan fingerprint density at radius 2 is 0.455 bits per heavy atom. The van der Waals surface area contributed by atoms with Crippen LogP contribution in [0.1, 0.15) is 433 Å². The lowest BCUT2D eigenvalue weighted by Crippen LogP contribution is -2.30. The van der Waals surface area contributed by atoms with E-state index in [1.165, 1.54) is 250 Å². The number of ether oxygens (including phenoxy) is 4. The van der Waals surface area contributed by atoms with Gasteiger partial charge in [-0.3, -0.25) is 37.3 Å². The molecule has 0 bridgehead atoms. The number of phosphoric ester groups is 2. The molecule has 0 heterocycles. The highest BCUT2D eigenvalue weighted by molar-refractivity contribution is 7.47. The van der Waals surface area contributed by atoms with Gasteiger partial charge in [-0.25, -0.2) is 9.13 Å². The van der Waals surface area contributed by atoms with Crippen LogP contribution in [-0.2, 0) is 65.4 Å². The third-order valence-corrected chi connectivity index (χ3v) is 21.1. The lowest BCUT2D eigenvalue weighted by Gasteiger charge is -2.21. The van der Waals surface area contributed by atoms with E-state index in [4.69, 9.17) is 37.0 Å². The van der Waals surface area contributed by atoms with E-state index in [1.807, 2.05) is 0 Å². The van der Waals surface area contributed by atoms with Gasteiger partial charge in [0.2, 0.25) is 0 Å². The van der Waals surface area contributed by atoms with Crippen molar-refractivity contribution in [3.05, 3.63) is 0 Å². The molecule has 17 nitrogen and oxygen atoms in total. The first-order valence-electron chi connectivity index (χ1n) is 42.5. The predicted octanol–water partition coefficient (Wildman–Crippen LogP) is 24.7. The van der Waals surface area contributed by atoms with E-state index in [2.05, 4.69) is 41.5 Å². The van der Waals surface area contributed by atoms with E-state index >= 15 is 0 Å². The van der Waals surface area contributed by atoms with Crippen molar-refractivity contribution in [2.75, 3.05) is 39.6 Å². The maximum atomic E-state index is 13.1. The van der Waals surface area contributed by atoms with Crippen molar-refractivity contribution in [2.45, 2.75) is 452 Å². The second-order valence-corrected chi connectivity index (χ2v) is 33.4. The van der Waals surface area contributed by atoms with Gasteiger partial charge in [0.05, 0.1) is 26.4 Å². The van der Waals surface area contributed by atoms with E-state index in [0.29, 0.717) is 25.7 Å². The fraction of sp³-hybridized carbons (Fsp3) is 0.951. The summed E-state index contributed by atoms with van der Waals surface area (Å²) < 4.78 is 68.8. The smallest absolute Gasteiger partial charge is 0.462 e. The molecule has 0 radical (unpaired) electrons. The standard InChI is InChI=1S/C82H160O17P2/c1-7-9-11-13-15-17-19-21-23-25-27-29-31-33-35-41-48-54-60-66-81(86)98-77(70-92-79(84)64-58-52-46-40-34-32-30-28-26-24-22-20-18-16-14-12-10-8-2)72-96-100(88,89)94-68-76(83)69-95-101(90,91)97-73-78(99-82(87)67-61-55-49-43-37-39-45-51-57-63-75(5)6)71-93-80(85)65-59-53-47-42-36-38-44-50-56-62-74(3)4/h74-78,83H,7-73H2,1-6H3,(H,88,89)(H,90,91)/t76-,77-,78-/m1/s1. The molecular formula is C82H160O17P2. The van der Waals surface area contributed by atoms with Crippen molar-refractivity contribution in [3.8, 4) is 0 Å². The van der Waals surface area contributed by atoms with Gasteiger partial charge in [-0.2, -0.15) is 0 Å². The van der Waals surface area contributed by atoms with Crippen molar-refractivity contribution in [3.63, 3.8) is 0 Å². The zero-order valence-electron chi connectivity index (χ0n) is 66.2. The van der Waals surface area contributed by atoms with Crippen molar-refractivity contribution in [2.24, 2.45) is 11.8 Å². The van der Waals surface area contributed by atoms with Crippen LogP contribution in [0.3, 0.4) is 0 Å². The van der Waals surface area contributed by atoms with E-state index in [0.717, 1.165) is 102 Å². The van der Waals surface area contributed by atoms with Crippen molar-refractivity contribution in [1.82, 2.24) is 0 Å². The summed E-state index contributed by atoms with van der Waals surface area (Å²) >= 11 is 0. The van der Waals surface area contributed by atoms with Crippen LogP contribution >= 0.6 is 15.6 Å². The van der Waals surface area contributed by atoms with E-state index in [9.17, 15) is 43.2 Å². The summed E-state index contributed by atoms with van der Waals surface area (Å²) in [5.74, 6) is -0.628. The molecule has 0 aromatic carbocycles. The zero-order chi connectivity index (χ0) is 74.2. The molecule has 0 aromatic heterocycles. The SMILES string of the molecule is CCCCCCCCCCCCCCCCCCCCCC(=O)O[C@H](COC(=O)CCCCCCCCCCCCCCCCCCCC)COP(=O)(O)OC[C@@H](O)COP(=O)(O)OC[C@@H](COC(=O)CCCCCCCCCCCC(C)C)OC(=O)CCCCCCCCCCCC(C)C. The Morgan fingerprint density at radius 1 is 0.267 bits per heavy atom. The molecule has 600 valence electrons. The summed E-state index contributed by atoms with van der Waals surface area (Å²) in [6, 6.07) is 0. The third kappa shape index (κ3) is 76.1. The summed E-state index contributed by atoms with van der Waals surface area (Å²) in [5, 5.41) is 10.6. The first-order valence-corrected chi connectivity index (χ1v) is 45.5. The number of phosphoric acid groups is 2. The molecule has 0 saturated carbocycles. The maximum Gasteiger partial charge on any atom is 0.472 e. The van der Waals surface area contributed by atoms with Gasteiger partial charge in [-0.1, -0.05) is 382 Å². The number of aliphatic hydroxyl groups excluding tert-OH is 1. The second kappa shape index (κ2) is 73.6. The van der Waals surface area contributed by atoms with Crippen LogP contribution in [0.4, 0.5) is 0 Å². The van der Waals surface area contributed by atoms with Gasteiger partial charge in [0.25, 0.3) is 0 Å². The molecule has 0 fully saturated rings. The normalized spacial score (nSPS) is 13.9. The summed E-state index contributed by atoms with van der Waals surface area (Å²) in [6.45, 7) is 9.60. The number of esters is 4. The molecule has 0 aliphatic heterocycles. The first kappa shape index (κ1) is 99.1.